The van der Waals surface area contributed by atoms with Crippen LogP contribution in [0.2, 0.25) is 25.1 Å². The van der Waals surface area contributed by atoms with Gasteiger partial charge in [0.2, 0.25) is 0 Å². The Morgan fingerprint density at radius 1 is 0.667 bits per heavy atom. The van der Waals surface area contributed by atoms with Crippen LogP contribution in [0.5, 0.6) is 5.75 Å². The highest BCUT2D eigenvalue weighted by atomic mass is 35.5. The lowest BCUT2D eigenvalue weighted by molar-refractivity contribution is 0.476. The number of hydrogen-bond donors (Lipinski definition) is 1. The summed E-state index contributed by atoms with van der Waals surface area (Å²) in [4.78, 5) is 0. The maximum atomic E-state index is 9.20. The molecular formula is C6H2Cl5O+. The Morgan fingerprint density at radius 2 is 0.917 bits per heavy atom. The quantitative estimate of drug-likeness (QED) is 0.530. The summed E-state index contributed by atoms with van der Waals surface area (Å²) in [7, 11) is 0. The molecule has 1 N–H and O–H groups in total. The summed E-state index contributed by atoms with van der Waals surface area (Å²) >= 11 is 27.9. The molecule has 0 spiro atoms. The molecule has 0 saturated carbocycles. The van der Waals surface area contributed by atoms with Crippen LogP contribution in [0.4, 0.5) is 0 Å². The topological polar surface area (TPSA) is 20.2 Å². The molecule has 0 saturated heterocycles. The summed E-state index contributed by atoms with van der Waals surface area (Å²) in [6.07, 6.45) is 0. The number of phenolic OH excluding ortho intramolecular Hbond substituents is 1. The molecule has 0 aliphatic heterocycles. The van der Waals surface area contributed by atoms with Crippen LogP contribution in [0.25, 0.3) is 0 Å². The van der Waals surface area contributed by atoms with Gasteiger partial charge in [0, 0.05) is 0 Å². The normalized spacial score (nSPS) is 10.4. The molecule has 0 heterocycles. The van der Waals surface area contributed by atoms with E-state index >= 15 is 0 Å². The fourth-order valence-electron chi connectivity index (χ4n) is 0.593. The van der Waals surface area contributed by atoms with Crippen molar-refractivity contribution in [3.8, 4) is 5.75 Å². The van der Waals surface area contributed by atoms with Gasteiger partial charge in [0.25, 0.3) is 0 Å². The molecule has 0 amide bonds. The van der Waals surface area contributed by atoms with Crippen molar-refractivity contribution >= 4 is 58.0 Å². The second-order valence-electron chi connectivity index (χ2n) is 1.92. The summed E-state index contributed by atoms with van der Waals surface area (Å²) in [5.74, 6) is -0.363. The first-order valence-corrected chi connectivity index (χ1v) is 4.56. The Bertz CT molecular complexity index is 235. The van der Waals surface area contributed by atoms with E-state index in [-0.39, 0.29) is 32.3 Å². The van der Waals surface area contributed by atoms with E-state index in [4.69, 9.17) is 58.0 Å². The average Bonchev–Trinajstić information content (AvgIpc) is 2.08. The maximum Gasteiger partial charge on any atom is 1.00 e. The second-order valence-corrected chi connectivity index (χ2v) is 3.81. The second kappa shape index (κ2) is 3.69. The van der Waals surface area contributed by atoms with Gasteiger partial charge in [-0.2, -0.15) is 0 Å². The minimum absolute atomic E-state index is 0. The maximum absolute atomic E-state index is 9.20. The lowest BCUT2D eigenvalue weighted by atomic mass is 10.3. The molecule has 1 nitrogen and oxygen atoms in total. The average molecular weight is 267 g/mol. The van der Waals surface area contributed by atoms with Gasteiger partial charge in [-0.25, -0.2) is 0 Å². The number of halogens is 5. The third-order valence-corrected chi connectivity index (χ3v) is 3.44. The summed E-state index contributed by atoms with van der Waals surface area (Å²) < 4.78 is 0. The van der Waals surface area contributed by atoms with Crippen LogP contribution in [0.1, 0.15) is 1.43 Å². The Kier molecular flexibility index (Phi) is 3.24. The molecule has 1 rings (SSSR count). The smallest absolute Gasteiger partial charge is 0.505 e. The molecule has 0 aromatic heterocycles. The van der Waals surface area contributed by atoms with Crippen molar-refractivity contribution in [1.82, 2.24) is 0 Å². The monoisotopic (exact) mass is 265 g/mol. The van der Waals surface area contributed by atoms with E-state index in [1.54, 1.807) is 0 Å². The molecule has 0 unspecified atom stereocenters. The van der Waals surface area contributed by atoms with Crippen LogP contribution in [0.15, 0.2) is 0 Å². The van der Waals surface area contributed by atoms with Crippen molar-refractivity contribution in [2.24, 2.45) is 0 Å². The van der Waals surface area contributed by atoms with E-state index in [1.807, 2.05) is 0 Å². The molecule has 12 heavy (non-hydrogen) atoms. The SMILES string of the molecule is Oc1c(Cl)c(Cl)c(Cl)c(Cl)c1Cl.[H+]. The number of phenols is 1. The minimum Gasteiger partial charge on any atom is -0.505 e. The zero-order valence-electron chi connectivity index (χ0n) is 6.34. The highest BCUT2D eigenvalue weighted by Gasteiger charge is 2.17. The van der Waals surface area contributed by atoms with Crippen LogP contribution in [-0.4, -0.2) is 5.11 Å². The van der Waals surface area contributed by atoms with Crippen LogP contribution < -0.4 is 0 Å². The molecule has 0 aliphatic rings. The first kappa shape index (κ1) is 10.6. The Hall–Kier alpha value is 0.470. The summed E-state index contributed by atoms with van der Waals surface area (Å²) in [5.41, 5.74) is 0. The summed E-state index contributed by atoms with van der Waals surface area (Å²) in [6, 6.07) is 0. The van der Waals surface area contributed by atoms with Crippen molar-refractivity contribution in [3.05, 3.63) is 25.1 Å². The highest BCUT2D eigenvalue weighted by molar-refractivity contribution is 6.55. The third kappa shape index (κ3) is 1.57. The molecule has 66 valence electrons. The molecule has 0 atom stereocenters. The lowest BCUT2D eigenvalue weighted by Crippen LogP contribution is -1.78. The van der Waals surface area contributed by atoms with Gasteiger partial charge in [-0.15, -0.1) is 0 Å². The van der Waals surface area contributed by atoms with Crippen molar-refractivity contribution in [2.45, 2.75) is 0 Å². The van der Waals surface area contributed by atoms with E-state index in [1.165, 1.54) is 0 Å². The zero-order valence-corrected chi connectivity index (χ0v) is 9.12. The number of benzene rings is 1. The molecule has 0 bridgehead atoms. The first-order valence-electron chi connectivity index (χ1n) is 2.67. The predicted octanol–water partition coefficient (Wildman–Crippen LogP) is 4.77. The van der Waals surface area contributed by atoms with Gasteiger partial charge >= 0.3 is 1.43 Å². The van der Waals surface area contributed by atoms with Gasteiger partial charge in [0.05, 0.1) is 15.1 Å². The van der Waals surface area contributed by atoms with Crippen molar-refractivity contribution in [2.75, 3.05) is 0 Å². The standard InChI is InChI=1S/C6HCl5O/c7-1-2(8)4(10)6(12)5(11)3(1)9/h12H/p+1. The Morgan fingerprint density at radius 3 is 1.25 bits per heavy atom. The molecule has 0 fully saturated rings. The Labute approximate surface area is 95.2 Å². The van der Waals surface area contributed by atoms with Gasteiger partial charge in [-0.1, -0.05) is 58.0 Å². The third-order valence-electron chi connectivity index (χ3n) is 1.19. The minimum atomic E-state index is -0.363. The molecule has 1 aromatic carbocycles. The number of rotatable bonds is 0. The number of aromatic hydroxyl groups is 1. The van der Waals surface area contributed by atoms with Crippen LogP contribution in [0.3, 0.4) is 0 Å². The largest absolute Gasteiger partial charge is 1.00 e. The van der Waals surface area contributed by atoms with E-state index in [2.05, 4.69) is 0 Å². The first-order chi connectivity index (χ1) is 5.46. The van der Waals surface area contributed by atoms with Gasteiger partial charge in [0.15, 0.2) is 5.75 Å². The van der Waals surface area contributed by atoms with E-state index in [9.17, 15) is 5.11 Å². The van der Waals surface area contributed by atoms with Gasteiger partial charge in [0.1, 0.15) is 10.0 Å². The lowest BCUT2D eigenvalue weighted by Gasteiger charge is -2.06. The van der Waals surface area contributed by atoms with Gasteiger partial charge in [-0.3, -0.25) is 0 Å². The molecule has 6 heteroatoms. The van der Waals surface area contributed by atoms with E-state index in [0.717, 1.165) is 0 Å². The van der Waals surface area contributed by atoms with Crippen molar-refractivity contribution in [1.29, 1.82) is 0 Å². The van der Waals surface area contributed by atoms with Crippen LogP contribution in [0, 0.1) is 0 Å². The summed E-state index contributed by atoms with van der Waals surface area (Å²) in [5, 5.41) is 9.01. The molecular weight excluding hydrogens is 265 g/mol. The molecule has 0 radical (unpaired) electrons. The fourth-order valence-corrected chi connectivity index (χ4v) is 1.72. The van der Waals surface area contributed by atoms with Crippen molar-refractivity contribution < 1.29 is 6.53 Å². The highest BCUT2D eigenvalue weighted by Crippen LogP contribution is 2.47. The molecule has 1 aromatic rings. The van der Waals surface area contributed by atoms with E-state index in [0.29, 0.717) is 0 Å². The van der Waals surface area contributed by atoms with Crippen molar-refractivity contribution in [3.63, 3.8) is 0 Å². The predicted molar refractivity (Wildman–Crippen MR) is 54.3 cm³/mol. The van der Waals surface area contributed by atoms with Crippen LogP contribution >= 0.6 is 58.0 Å². The number of hydrogen-bond acceptors (Lipinski definition) is 1. The van der Waals surface area contributed by atoms with E-state index < -0.39 is 0 Å². The Balaban J connectivity index is 0.00000144. The zero-order chi connectivity index (χ0) is 9.46. The van der Waals surface area contributed by atoms with Crippen LogP contribution in [-0.2, 0) is 0 Å². The fraction of sp³-hybridized carbons (Fsp3) is 0. The molecule has 0 aliphatic carbocycles. The van der Waals surface area contributed by atoms with Gasteiger partial charge < -0.3 is 5.11 Å². The summed E-state index contributed by atoms with van der Waals surface area (Å²) in [6.45, 7) is 0. The van der Waals surface area contributed by atoms with Gasteiger partial charge in [-0.05, 0) is 0 Å².